The Labute approximate surface area is 135 Å². The smallest absolute Gasteiger partial charge is 0.240 e. The predicted molar refractivity (Wildman–Crippen MR) is 91.4 cm³/mol. The van der Waals surface area contributed by atoms with Crippen molar-refractivity contribution < 1.29 is 4.79 Å². The van der Waals surface area contributed by atoms with Crippen molar-refractivity contribution in [3.05, 3.63) is 53.6 Å². The van der Waals surface area contributed by atoms with Crippen molar-refractivity contribution in [1.29, 1.82) is 0 Å². The number of amides is 1. The van der Waals surface area contributed by atoms with Crippen LogP contribution < -0.4 is 5.43 Å². The number of nitrogens with zero attached hydrogens (tertiary/aromatic N) is 3. The van der Waals surface area contributed by atoms with Gasteiger partial charge in [0.15, 0.2) is 0 Å². The summed E-state index contributed by atoms with van der Waals surface area (Å²) in [5.41, 5.74) is 7.80. The molecule has 0 bridgehead atoms. The van der Waals surface area contributed by atoms with Gasteiger partial charge in [-0.05, 0) is 37.6 Å². The van der Waals surface area contributed by atoms with Gasteiger partial charge in [0, 0.05) is 23.7 Å². The van der Waals surface area contributed by atoms with Crippen molar-refractivity contribution in [3.8, 4) is 5.69 Å². The number of rotatable bonds is 3. The van der Waals surface area contributed by atoms with E-state index in [0.29, 0.717) is 6.42 Å². The SMILES string of the molecule is Cc1ncn(-c2ccc(/C=C/C3=NNC(=O)CC3C)cc2)c1C. The van der Waals surface area contributed by atoms with E-state index in [1.54, 1.807) is 0 Å². The lowest BCUT2D eigenvalue weighted by atomic mass is 9.99. The maximum Gasteiger partial charge on any atom is 0.240 e. The Morgan fingerprint density at radius 1 is 1.22 bits per heavy atom. The van der Waals surface area contributed by atoms with Gasteiger partial charge in [-0.1, -0.05) is 25.1 Å². The number of hydrogen-bond donors (Lipinski definition) is 1. The maximum absolute atomic E-state index is 11.2. The van der Waals surface area contributed by atoms with Crippen LogP contribution in [0.4, 0.5) is 0 Å². The zero-order chi connectivity index (χ0) is 16.4. The first-order chi connectivity index (χ1) is 11.0. The van der Waals surface area contributed by atoms with Crippen LogP contribution in [0.5, 0.6) is 0 Å². The van der Waals surface area contributed by atoms with E-state index in [1.165, 1.54) is 0 Å². The summed E-state index contributed by atoms with van der Waals surface area (Å²) >= 11 is 0. The molecule has 0 saturated heterocycles. The van der Waals surface area contributed by atoms with Crippen LogP contribution in [0.15, 0.2) is 41.8 Å². The molecule has 5 nitrogen and oxygen atoms in total. The van der Waals surface area contributed by atoms with Crippen molar-refractivity contribution in [3.63, 3.8) is 0 Å². The van der Waals surface area contributed by atoms with Gasteiger partial charge in [0.05, 0.1) is 17.7 Å². The van der Waals surface area contributed by atoms with Crippen molar-refractivity contribution in [2.75, 3.05) is 0 Å². The molecule has 0 aliphatic carbocycles. The Kier molecular flexibility index (Phi) is 4.10. The molecule has 2 aromatic rings. The van der Waals surface area contributed by atoms with Gasteiger partial charge in [-0.3, -0.25) is 4.79 Å². The molecule has 1 amide bonds. The van der Waals surface area contributed by atoms with Crippen LogP contribution in [0.3, 0.4) is 0 Å². The molecule has 0 fully saturated rings. The van der Waals surface area contributed by atoms with Gasteiger partial charge in [0.2, 0.25) is 5.91 Å². The quantitative estimate of drug-likeness (QED) is 0.947. The van der Waals surface area contributed by atoms with Gasteiger partial charge in [-0.25, -0.2) is 10.4 Å². The van der Waals surface area contributed by atoms with E-state index in [1.807, 2.05) is 32.3 Å². The number of imidazole rings is 1. The lowest BCUT2D eigenvalue weighted by Gasteiger charge is -2.16. The Morgan fingerprint density at radius 3 is 2.57 bits per heavy atom. The first kappa shape index (κ1) is 15.2. The molecule has 1 aliphatic heterocycles. The lowest BCUT2D eigenvalue weighted by molar-refractivity contribution is -0.121. The van der Waals surface area contributed by atoms with Gasteiger partial charge in [-0.2, -0.15) is 5.10 Å². The van der Waals surface area contributed by atoms with E-state index in [-0.39, 0.29) is 11.8 Å². The summed E-state index contributed by atoms with van der Waals surface area (Å²) in [5.74, 6) is 0.126. The van der Waals surface area contributed by atoms with E-state index in [0.717, 1.165) is 28.4 Å². The number of carbonyl (C=O) groups excluding carboxylic acids is 1. The predicted octanol–water partition coefficient (Wildman–Crippen LogP) is 3.01. The minimum Gasteiger partial charge on any atom is -0.303 e. The molecular weight excluding hydrogens is 288 g/mol. The number of aryl methyl sites for hydroxylation is 1. The molecular formula is C18H20N4O. The van der Waals surface area contributed by atoms with Crippen LogP contribution in [0, 0.1) is 19.8 Å². The lowest BCUT2D eigenvalue weighted by Crippen LogP contribution is -2.30. The highest BCUT2D eigenvalue weighted by molar-refractivity contribution is 6.03. The second-order valence-corrected chi connectivity index (χ2v) is 5.89. The number of allylic oxidation sites excluding steroid dienone is 1. The molecule has 23 heavy (non-hydrogen) atoms. The minimum absolute atomic E-state index is 0.0231. The molecule has 1 unspecified atom stereocenters. The number of hydrazone groups is 1. The summed E-state index contributed by atoms with van der Waals surface area (Å²) in [6.45, 7) is 6.08. The van der Waals surface area contributed by atoms with Crippen LogP contribution in [-0.2, 0) is 4.79 Å². The van der Waals surface area contributed by atoms with Crippen molar-refractivity contribution >= 4 is 17.7 Å². The molecule has 0 saturated carbocycles. The fourth-order valence-corrected chi connectivity index (χ4v) is 2.55. The Hall–Kier alpha value is -2.69. The summed E-state index contributed by atoms with van der Waals surface area (Å²) in [5, 5.41) is 4.10. The van der Waals surface area contributed by atoms with Crippen LogP contribution in [0.25, 0.3) is 11.8 Å². The van der Waals surface area contributed by atoms with E-state index >= 15 is 0 Å². The largest absolute Gasteiger partial charge is 0.303 e. The molecule has 5 heteroatoms. The third-order valence-electron chi connectivity index (χ3n) is 4.18. The first-order valence-electron chi connectivity index (χ1n) is 7.70. The number of nitrogens with one attached hydrogen (secondary N) is 1. The fourth-order valence-electron chi connectivity index (χ4n) is 2.55. The van der Waals surface area contributed by atoms with Crippen LogP contribution in [0.2, 0.25) is 0 Å². The average molecular weight is 308 g/mol. The zero-order valence-corrected chi connectivity index (χ0v) is 13.6. The molecule has 1 aromatic carbocycles. The second-order valence-electron chi connectivity index (χ2n) is 5.89. The number of aromatic nitrogens is 2. The number of benzene rings is 1. The fraction of sp³-hybridized carbons (Fsp3) is 0.278. The maximum atomic E-state index is 11.2. The summed E-state index contributed by atoms with van der Waals surface area (Å²) < 4.78 is 2.08. The van der Waals surface area contributed by atoms with Crippen LogP contribution >= 0.6 is 0 Å². The molecule has 1 aliphatic rings. The third kappa shape index (κ3) is 3.23. The van der Waals surface area contributed by atoms with E-state index < -0.39 is 0 Å². The van der Waals surface area contributed by atoms with Crippen molar-refractivity contribution in [2.45, 2.75) is 27.2 Å². The molecule has 1 atom stereocenters. The Balaban J connectivity index is 1.76. The van der Waals surface area contributed by atoms with Gasteiger partial charge < -0.3 is 4.57 Å². The number of hydrogen-bond acceptors (Lipinski definition) is 3. The molecule has 118 valence electrons. The first-order valence-corrected chi connectivity index (χ1v) is 7.70. The zero-order valence-electron chi connectivity index (χ0n) is 13.6. The van der Waals surface area contributed by atoms with Crippen LogP contribution in [0.1, 0.15) is 30.3 Å². The van der Waals surface area contributed by atoms with Crippen molar-refractivity contribution in [1.82, 2.24) is 15.0 Å². The standard InChI is InChI=1S/C18H20N4O/c1-12-10-18(23)21-20-17(12)9-6-15-4-7-16(8-5-15)22-11-19-13(2)14(22)3/h4-9,11-12H,10H2,1-3H3,(H,21,23)/b9-6+. The molecule has 3 rings (SSSR count). The summed E-state index contributed by atoms with van der Waals surface area (Å²) in [6, 6.07) is 8.27. The monoisotopic (exact) mass is 308 g/mol. The molecule has 0 radical (unpaired) electrons. The second kappa shape index (κ2) is 6.20. The normalized spacial score (nSPS) is 18.1. The highest BCUT2D eigenvalue weighted by Crippen LogP contribution is 2.16. The summed E-state index contributed by atoms with van der Waals surface area (Å²) in [4.78, 5) is 15.6. The molecule has 2 heterocycles. The van der Waals surface area contributed by atoms with Gasteiger partial charge in [-0.15, -0.1) is 0 Å². The number of carbonyl (C=O) groups is 1. The molecule has 1 N–H and O–H groups in total. The highest BCUT2D eigenvalue weighted by Gasteiger charge is 2.17. The Bertz CT molecular complexity index is 784. The van der Waals surface area contributed by atoms with Gasteiger partial charge >= 0.3 is 0 Å². The average Bonchev–Trinajstić information content (AvgIpc) is 2.87. The van der Waals surface area contributed by atoms with E-state index in [2.05, 4.69) is 51.3 Å². The van der Waals surface area contributed by atoms with E-state index in [4.69, 9.17) is 0 Å². The summed E-state index contributed by atoms with van der Waals surface area (Å²) in [6.07, 6.45) is 6.31. The minimum atomic E-state index is -0.0231. The Morgan fingerprint density at radius 2 is 1.96 bits per heavy atom. The van der Waals surface area contributed by atoms with E-state index in [9.17, 15) is 4.79 Å². The van der Waals surface area contributed by atoms with Crippen LogP contribution in [-0.4, -0.2) is 21.2 Å². The third-order valence-corrected chi connectivity index (χ3v) is 4.18. The highest BCUT2D eigenvalue weighted by atomic mass is 16.2. The van der Waals surface area contributed by atoms with Gasteiger partial charge in [0.25, 0.3) is 0 Å². The molecule has 0 spiro atoms. The topological polar surface area (TPSA) is 59.3 Å². The summed E-state index contributed by atoms with van der Waals surface area (Å²) in [7, 11) is 0. The van der Waals surface area contributed by atoms with Crippen molar-refractivity contribution in [2.24, 2.45) is 11.0 Å². The molecule has 1 aromatic heterocycles. The van der Waals surface area contributed by atoms with Gasteiger partial charge in [0.1, 0.15) is 0 Å².